The minimum Gasteiger partial charge on any atom is -0.349 e. The summed E-state index contributed by atoms with van der Waals surface area (Å²) in [4.78, 5) is 14.5. The average Bonchev–Trinajstić information content (AvgIpc) is 3.19. The largest absolute Gasteiger partial charge is 0.349 e. The monoisotopic (exact) mass is 297 g/mol. The van der Waals surface area contributed by atoms with E-state index in [1.54, 1.807) is 11.3 Å². The number of carbonyl (C=O) groups excluding carboxylic acids is 1. The van der Waals surface area contributed by atoms with Crippen LogP contribution in [0.5, 0.6) is 0 Å². The molecule has 21 heavy (non-hydrogen) atoms. The van der Waals surface area contributed by atoms with Gasteiger partial charge in [-0.25, -0.2) is 0 Å². The predicted octanol–water partition coefficient (Wildman–Crippen LogP) is 4.19. The van der Waals surface area contributed by atoms with Gasteiger partial charge in [0.2, 0.25) is 0 Å². The third kappa shape index (κ3) is 2.62. The lowest BCUT2D eigenvalue weighted by molar-refractivity contribution is 0.0955. The summed E-state index contributed by atoms with van der Waals surface area (Å²) in [6.07, 6.45) is 6.96. The number of benzene rings is 1. The van der Waals surface area contributed by atoms with Crippen molar-refractivity contribution >= 4 is 17.2 Å². The Morgan fingerprint density at radius 1 is 1.10 bits per heavy atom. The van der Waals surface area contributed by atoms with Gasteiger partial charge in [-0.1, -0.05) is 24.3 Å². The number of nitrogens with one attached hydrogen (secondary N) is 1. The van der Waals surface area contributed by atoms with Crippen LogP contribution in [0.1, 0.15) is 46.5 Å². The summed E-state index contributed by atoms with van der Waals surface area (Å²) in [5.41, 5.74) is 4.12. The third-order valence-corrected chi connectivity index (χ3v) is 5.56. The summed E-state index contributed by atoms with van der Waals surface area (Å²) >= 11 is 1.67. The fraction of sp³-hybridized carbons (Fsp3) is 0.389. The number of rotatable bonds is 2. The Hall–Kier alpha value is -1.61. The van der Waals surface area contributed by atoms with E-state index >= 15 is 0 Å². The van der Waals surface area contributed by atoms with Crippen LogP contribution in [0.4, 0.5) is 0 Å². The van der Waals surface area contributed by atoms with Crippen LogP contribution < -0.4 is 5.32 Å². The van der Waals surface area contributed by atoms with Crippen LogP contribution in [0.25, 0.3) is 10.4 Å². The summed E-state index contributed by atoms with van der Waals surface area (Å²) < 4.78 is 0. The standard InChI is InChI=1S/C18H19NOS/c20-18(19-14-9-10-14)16-11-13-7-2-1-5-12-6-3-4-8-15(12)17(13)21-16/h3-4,6,8,11,14H,1-2,5,7,9-10H2,(H,19,20). The van der Waals surface area contributed by atoms with Gasteiger partial charge in [0, 0.05) is 10.9 Å². The van der Waals surface area contributed by atoms with E-state index in [-0.39, 0.29) is 5.91 Å². The van der Waals surface area contributed by atoms with Crippen molar-refractivity contribution in [1.29, 1.82) is 0 Å². The van der Waals surface area contributed by atoms with E-state index in [2.05, 4.69) is 35.6 Å². The van der Waals surface area contributed by atoms with Gasteiger partial charge in [0.25, 0.3) is 5.91 Å². The molecule has 0 aliphatic heterocycles. The summed E-state index contributed by atoms with van der Waals surface area (Å²) in [5.74, 6) is 0.117. The van der Waals surface area contributed by atoms with Crippen LogP contribution in [0.15, 0.2) is 30.3 Å². The van der Waals surface area contributed by atoms with Crippen LogP contribution in [0.3, 0.4) is 0 Å². The molecule has 0 radical (unpaired) electrons. The Morgan fingerprint density at radius 3 is 2.67 bits per heavy atom. The number of thiophene rings is 1. The average molecular weight is 297 g/mol. The summed E-state index contributed by atoms with van der Waals surface area (Å²) in [6, 6.07) is 11.2. The fourth-order valence-corrected chi connectivity index (χ4v) is 4.20. The molecule has 108 valence electrons. The molecule has 2 aliphatic rings. The molecule has 1 aromatic carbocycles. The lowest BCUT2D eigenvalue weighted by atomic mass is 9.93. The summed E-state index contributed by atoms with van der Waals surface area (Å²) in [6.45, 7) is 0. The van der Waals surface area contributed by atoms with Gasteiger partial charge in [0.15, 0.2) is 0 Å². The van der Waals surface area contributed by atoms with Crippen molar-refractivity contribution in [3.05, 3.63) is 46.3 Å². The van der Waals surface area contributed by atoms with Gasteiger partial charge in [-0.15, -0.1) is 11.3 Å². The maximum absolute atomic E-state index is 12.3. The zero-order valence-corrected chi connectivity index (χ0v) is 12.8. The lowest BCUT2D eigenvalue weighted by Crippen LogP contribution is -2.24. The first kappa shape index (κ1) is 13.1. The second kappa shape index (κ2) is 5.30. The molecule has 1 N–H and O–H groups in total. The van der Waals surface area contributed by atoms with Gasteiger partial charge in [-0.2, -0.15) is 0 Å². The molecule has 1 aromatic heterocycles. The topological polar surface area (TPSA) is 29.1 Å². The highest BCUT2D eigenvalue weighted by atomic mass is 32.1. The van der Waals surface area contributed by atoms with Crippen LogP contribution >= 0.6 is 11.3 Å². The predicted molar refractivity (Wildman–Crippen MR) is 86.9 cm³/mol. The van der Waals surface area contributed by atoms with Gasteiger partial charge in [-0.3, -0.25) is 4.79 Å². The highest BCUT2D eigenvalue weighted by molar-refractivity contribution is 7.17. The van der Waals surface area contributed by atoms with E-state index in [0.717, 1.165) is 30.6 Å². The third-order valence-electron chi connectivity index (χ3n) is 4.35. The van der Waals surface area contributed by atoms with Gasteiger partial charge >= 0.3 is 0 Å². The molecular weight excluding hydrogens is 278 g/mol. The minimum absolute atomic E-state index is 0.117. The molecule has 2 aromatic rings. The summed E-state index contributed by atoms with van der Waals surface area (Å²) in [5, 5.41) is 3.11. The number of hydrogen-bond acceptors (Lipinski definition) is 2. The van der Waals surface area contributed by atoms with Crippen LogP contribution in [0.2, 0.25) is 0 Å². The number of amides is 1. The lowest BCUT2D eigenvalue weighted by Gasteiger charge is -2.13. The second-order valence-electron chi connectivity index (χ2n) is 6.08. The molecule has 3 heteroatoms. The van der Waals surface area contributed by atoms with Crippen molar-refractivity contribution in [2.24, 2.45) is 0 Å². The molecule has 0 saturated heterocycles. The zero-order chi connectivity index (χ0) is 14.2. The molecule has 4 rings (SSSR count). The highest BCUT2D eigenvalue weighted by Gasteiger charge is 2.25. The summed E-state index contributed by atoms with van der Waals surface area (Å²) in [7, 11) is 0. The maximum atomic E-state index is 12.3. The number of carbonyl (C=O) groups is 1. The maximum Gasteiger partial charge on any atom is 0.261 e. The van der Waals surface area contributed by atoms with Crippen molar-refractivity contribution in [2.45, 2.75) is 44.6 Å². The number of fused-ring (bicyclic) bond motifs is 3. The van der Waals surface area contributed by atoms with E-state index in [1.807, 2.05) is 0 Å². The Balaban J connectivity index is 1.74. The first-order chi connectivity index (χ1) is 10.3. The van der Waals surface area contributed by atoms with Crippen LogP contribution in [-0.4, -0.2) is 11.9 Å². The van der Waals surface area contributed by atoms with Gasteiger partial charge in [-0.05, 0) is 61.3 Å². The number of hydrogen-bond donors (Lipinski definition) is 1. The molecule has 0 atom stereocenters. The highest BCUT2D eigenvalue weighted by Crippen LogP contribution is 2.38. The molecule has 2 nitrogen and oxygen atoms in total. The Kier molecular flexibility index (Phi) is 3.30. The Morgan fingerprint density at radius 2 is 1.86 bits per heavy atom. The Labute approximate surface area is 129 Å². The van der Waals surface area contributed by atoms with Crippen molar-refractivity contribution in [2.75, 3.05) is 0 Å². The van der Waals surface area contributed by atoms with E-state index < -0.39 is 0 Å². The van der Waals surface area contributed by atoms with Crippen molar-refractivity contribution in [3.8, 4) is 10.4 Å². The van der Waals surface area contributed by atoms with Gasteiger partial charge < -0.3 is 5.32 Å². The molecule has 0 bridgehead atoms. The van der Waals surface area contributed by atoms with Crippen molar-refractivity contribution < 1.29 is 4.79 Å². The van der Waals surface area contributed by atoms with Crippen LogP contribution in [0, 0.1) is 0 Å². The normalized spacial score (nSPS) is 17.3. The molecule has 1 fully saturated rings. The Bertz CT molecular complexity index is 684. The number of aryl methyl sites for hydroxylation is 2. The minimum atomic E-state index is 0.117. The van der Waals surface area contributed by atoms with Crippen molar-refractivity contribution in [3.63, 3.8) is 0 Å². The molecule has 2 aliphatic carbocycles. The fourth-order valence-electron chi connectivity index (χ4n) is 3.03. The van der Waals surface area contributed by atoms with Crippen LogP contribution in [-0.2, 0) is 12.8 Å². The molecule has 1 saturated carbocycles. The smallest absolute Gasteiger partial charge is 0.261 e. The molecule has 1 heterocycles. The second-order valence-corrected chi connectivity index (χ2v) is 7.13. The van der Waals surface area contributed by atoms with E-state index in [4.69, 9.17) is 0 Å². The van der Waals surface area contributed by atoms with E-state index in [9.17, 15) is 4.79 Å². The molecular formula is C18H19NOS. The first-order valence-corrected chi connectivity index (χ1v) is 8.65. The molecule has 0 unspecified atom stereocenters. The van der Waals surface area contributed by atoms with Gasteiger partial charge in [0.05, 0.1) is 4.88 Å². The zero-order valence-electron chi connectivity index (χ0n) is 12.0. The molecule has 0 spiro atoms. The SMILES string of the molecule is O=C(NC1CC1)c1cc2c(s1)-c1ccccc1CCCC2. The quantitative estimate of drug-likeness (QED) is 0.885. The van der Waals surface area contributed by atoms with Gasteiger partial charge in [0.1, 0.15) is 0 Å². The van der Waals surface area contributed by atoms with E-state index in [0.29, 0.717) is 6.04 Å². The first-order valence-electron chi connectivity index (χ1n) is 7.83. The van der Waals surface area contributed by atoms with Crippen molar-refractivity contribution in [1.82, 2.24) is 5.32 Å². The molecule has 1 amide bonds. The van der Waals surface area contributed by atoms with E-state index in [1.165, 1.54) is 34.4 Å².